The van der Waals surface area contributed by atoms with Crippen molar-refractivity contribution in [2.75, 3.05) is 44.2 Å². The first-order chi connectivity index (χ1) is 12.7. The van der Waals surface area contributed by atoms with Gasteiger partial charge in [-0.25, -0.2) is 14.8 Å². The van der Waals surface area contributed by atoms with E-state index in [1.165, 1.54) is 0 Å². The molecule has 4 heterocycles. The number of hydrogen-bond donors (Lipinski definition) is 1. The minimum absolute atomic E-state index is 0.174. The maximum atomic E-state index is 11.6. The van der Waals surface area contributed by atoms with Crippen LogP contribution in [-0.4, -0.2) is 66.3 Å². The molecule has 2 fully saturated rings. The van der Waals surface area contributed by atoms with E-state index in [1.54, 1.807) is 16.2 Å². The van der Waals surface area contributed by atoms with Crippen molar-refractivity contribution in [1.29, 1.82) is 0 Å². The smallest absolute Gasteiger partial charge is 0.409 e. The Morgan fingerprint density at radius 3 is 2.96 bits per heavy atom. The second kappa shape index (κ2) is 7.75. The average molecular weight is 375 g/mol. The van der Waals surface area contributed by atoms with Crippen molar-refractivity contribution in [3.05, 3.63) is 17.3 Å². The van der Waals surface area contributed by atoms with Gasteiger partial charge in [0, 0.05) is 38.8 Å². The fraction of sp³-hybridized carbons (Fsp3) is 0.611. The molecule has 0 radical (unpaired) electrons. The SMILES string of the molecule is Cc1nc(N2CCC(NCCN3CCCOC3=O)CC2)c2ccsc2n1. The summed E-state index contributed by atoms with van der Waals surface area (Å²) >= 11 is 1.67. The quantitative estimate of drug-likeness (QED) is 0.865. The van der Waals surface area contributed by atoms with E-state index in [0.717, 1.165) is 73.8 Å². The van der Waals surface area contributed by atoms with Gasteiger partial charge in [0.25, 0.3) is 0 Å². The number of nitrogens with one attached hydrogen (secondary N) is 1. The van der Waals surface area contributed by atoms with Crippen LogP contribution in [0.25, 0.3) is 10.2 Å². The third-order valence-electron chi connectivity index (χ3n) is 5.08. The average Bonchev–Trinajstić information content (AvgIpc) is 3.11. The Morgan fingerprint density at radius 2 is 2.15 bits per heavy atom. The molecule has 0 aliphatic carbocycles. The molecule has 2 aliphatic rings. The van der Waals surface area contributed by atoms with Gasteiger partial charge in [-0.2, -0.15) is 0 Å². The highest BCUT2D eigenvalue weighted by Crippen LogP contribution is 2.29. The summed E-state index contributed by atoms with van der Waals surface area (Å²) in [5.41, 5.74) is 0. The molecule has 2 saturated heterocycles. The highest BCUT2D eigenvalue weighted by molar-refractivity contribution is 7.16. The number of rotatable bonds is 5. The topological polar surface area (TPSA) is 70.6 Å². The third-order valence-corrected chi connectivity index (χ3v) is 5.89. The van der Waals surface area contributed by atoms with Crippen molar-refractivity contribution in [2.45, 2.75) is 32.2 Å². The molecule has 0 saturated carbocycles. The van der Waals surface area contributed by atoms with Crippen molar-refractivity contribution in [3.8, 4) is 0 Å². The summed E-state index contributed by atoms with van der Waals surface area (Å²) in [6.07, 6.45) is 2.92. The summed E-state index contributed by atoms with van der Waals surface area (Å²) in [5, 5.41) is 6.85. The highest BCUT2D eigenvalue weighted by Gasteiger charge is 2.23. The molecule has 8 heteroatoms. The van der Waals surface area contributed by atoms with E-state index in [-0.39, 0.29) is 6.09 Å². The van der Waals surface area contributed by atoms with E-state index >= 15 is 0 Å². The van der Waals surface area contributed by atoms with Crippen LogP contribution in [-0.2, 0) is 4.74 Å². The summed E-state index contributed by atoms with van der Waals surface area (Å²) in [6, 6.07) is 2.62. The molecule has 0 bridgehead atoms. The summed E-state index contributed by atoms with van der Waals surface area (Å²) in [5.74, 6) is 1.91. The van der Waals surface area contributed by atoms with Crippen LogP contribution in [0.2, 0.25) is 0 Å². The van der Waals surface area contributed by atoms with Gasteiger partial charge in [-0.15, -0.1) is 11.3 Å². The Balaban J connectivity index is 1.28. The number of nitrogens with zero attached hydrogens (tertiary/aromatic N) is 4. The minimum Gasteiger partial charge on any atom is -0.449 e. The number of carbonyl (C=O) groups excluding carboxylic acids is 1. The second-order valence-corrected chi connectivity index (χ2v) is 7.80. The summed E-state index contributed by atoms with van der Waals surface area (Å²) < 4.78 is 5.08. The standard InChI is InChI=1S/C18H25N5O2S/c1-13-20-16(15-5-12-26-17(15)21-13)22-8-3-14(4-9-22)19-6-10-23-7-2-11-25-18(23)24/h5,12,14,19H,2-4,6-11H2,1H3. The lowest BCUT2D eigenvalue weighted by molar-refractivity contribution is 0.0729. The van der Waals surface area contributed by atoms with Gasteiger partial charge in [0.15, 0.2) is 0 Å². The molecule has 2 aliphatic heterocycles. The molecule has 0 aromatic carbocycles. The number of ether oxygens (including phenoxy) is 1. The van der Waals surface area contributed by atoms with Gasteiger partial charge in [0.2, 0.25) is 0 Å². The van der Waals surface area contributed by atoms with Crippen LogP contribution in [0.3, 0.4) is 0 Å². The predicted octanol–water partition coefficient (Wildman–Crippen LogP) is 2.40. The van der Waals surface area contributed by atoms with Crippen LogP contribution >= 0.6 is 11.3 Å². The Bertz CT molecular complexity index is 772. The normalized spacial score (nSPS) is 19.2. The Labute approximate surface area is 157 Å². The number of cyclic esters (lactones) is 1. The van der Waals surface area contributed by atoms with Gasteiger partial charge in [-0.05, 0) is 37.6 Å². The number of fused-ring (bicyclic) bond motifs is 1. The van der Waals surface area contributed by atoms with Crippen LogP contribution in [0.15, 0.2) is 11.4 Å². The van der Waals surface area contributed by atoms with E-state index in [9.17, 15) is 4.79 Å². The number of thiophene rings is 1. The van der Waals surface area contributed by atoms with Gasteiger partial charge in [-0.3, -0.25) is 0 Å². The van der Waals surface area contributed by atoms with E-state index < -0.39 is 0 Å². The number of aryl methyl sites for hydroxylation is 1. The molecule has 1 amide bonds. The molecule has 1 N–H and O–H groups in total. The maximum Gasteiger partial charge on any atom is 0.409 e. The van der Waals surface area contributed by atoms with Gasteiger partial charge in [-0.1, -0.05) is 0 Å². The van der Waals surface area contributed by atoms with Gasteiger partial charge >= 0.3 is 6.09 Å². The number of amides is 1. The van der Waals surface area contributed by atoms with Crippen molar-refractivity contribution < 1.29 is 9.53 Å². The minimum atomic E-state index is -0.174. The van der Waals surface area contributed by atoms with Gasteiger partial charge < -0.3 is 19.9 Å². The summed E-state index contributed by atoms with van der Waals surface area (Å²) in [6.45, 7) is 6.85. The predicted molar refractivity (Wildman–Crippen MR) is 103 cm³/mol. The van der Waals surface area contributed by atoms with E-state index in [0.29, 0.717) is 12.6 Å². The first-order valence-electron chi connectivity index (χ1n) is 9.32. The van der Waals surface area contributed by atoms with Gasteiger partial charge in [0.05, 0.1) is 12.0 Å². The van der Waals surface area contributed by atoms with Crippen LogP contribution in [0.4, 0.5) is 10.6 Å². The van der Waals surface area contributed by atoms with E-state index in [1.807, 2.05) is 6.92 Å². The van der Waals surface area contributed by atoms with E-state index in [2.05, 4.69) is 26.6 Å². The van der Waals surface area contributed by atoms with Gasteiger partial charge in [0.1, 0.15) is 16.5 Å². The second-order valence-electron chi connectivity index (χ2n) is 6.90. The monoisotopic (exact) mass is 375 g/mol. The Kier molecular flexibility index (Phi) is 5.21. The van der Waals surface area contributed by atoms with Crippen LogP contribution in [0.1, 0.15) is 25.1 Å². The Morgan fingerprint density at radius 1 is 1.31 bits per heavy atom. The molecule has 4 rings (SSSR count). The van der Waals surface area contributed by atoms with Crippen molar-refractivity contribution in [3.63, 3.8) is 0 Å². The Hall–Kier alpha value is -1.93. The zero-order valence-corrected chi connectivity index (χ0v) is 15.9. The largest absolute Gasteiger partial charge is 0.449 e. The van der Waals surface area contributed by atoms with E-state index in [4.69, 9.17) is 9.72 Å². The number of carbonyl (C=O) groups is 1. The van der Waals surface area contributed by atoms with Crippen LogP contribution < -0.4 is 10.2 Å². The van der Waals surface area contributed by atoms with Crippen molar-refractivity contribution in [2.24, 2.45) is 0 Å². The first-order valence-corrected chi connectivity index (χ1v) is 10.2. The molecule has 0 spiro atoms. The number of anilines is 1. The van der Waals surface area contributed by atoms with Crippen molar-refractivity contribution in [1.82, 2.24) is 20.2 Å². The summed E-state index contributed by atoms with van der Waals surface area (Å²) in [4.78, 5) is 26.1. The van der Waals surface area contributed by atoms with Crippen molar-refractivity contribution >= 4 is 33.5 Å². The number of piperidine rings is 1. The lowest BCUT2D eigenvalue weighted by atomic mass is 10.0. The molecule has 140 valence electrons. The lowest BCUT2D eigenvalue weighted by Gasteiger charge is -2.34. The van der Waals surface area contributed by atoms with Crippen LogP contribution in [0.5, 0.6) is 0 Å². The maximum absolute atomic E-state index is 11.6. The fourth-order valence-corrected chi connectivity index (χ4v) is 4.49. The number of hydrogen-bond acceptors (Lipinski definition) is 7. The molecule has 26 heavy (non-hydrogen) atoms. The zero-order chi connectivity index (χ0) is 17.9. The molecular weight excluding hydrogens is 350 g/mol. The summed E-state index contributed by atoms with van der Waals surface area (Å²) in [7, 11) is 0. The molecule has 0 unspecified atom stereocenters. The first kappa shape index (κ1) is 17.5. The third kappa shape index (κ3) is 3.76. The highest BCUT2D eigenvalue weighted by atomic mass is 32.1. The molecule has 2 aromatic heterocycles. The molecule has 7 nitrogen and oxygen atoms in total. The fourth-order valence-electron chi connectivity index (χ4n) is 3.68. The molecular formula is C18H25N5O2S. The zero-order valence-electron chi connectivity index (χ0n) is 15.1. The molecule has 0 atom stereocenters. The number of aromatic nitrogens is 2. The van der Waals surface area contributed by atoms with Crippen LogP contribution in [0, 0.1) is 6.92 Å². The molecule has 2 aromatic rings. The lowest BCUT2D eigenvalue weighted by Crippen LogP contribution is -2.46.